The van der Waals surface area contributed by atoms with Crippen LogP contribution in [0.15, 0.2) is 12.4 Å². The maximum absolute atomic E-state index is 9.66. The third-order valence-electron chi connectivity index (χ3n) is 5.17. The summed E-state index contributed by atoms with van der Waals surface area (Å²) in [5.41, 5.74) is 3.92. The van der Waals surface area contributed by atoms with Gasteiger partial charge in [0.1, 0.15) is 11.9 Å². The zero-order valence-corrected chi connectivity index (χ0v) is 15.2. The van der Waals surface area contributed by atoms with Gasteiger partial charge in [0, 0.05) is 18.9 Å². The topological polar surface area (TPSA) is 47.6 Å². The molecule has 2 aromatic heterocycles. The lowest BCUT2D eigenvalue weighted by molar-refractivity contribution is 0.299. The Kier molecular flexibility index (Phi) is 4.77. The van der Waals surface area contributed by atoms with E-state index in [1.165, 1.54) is 24.2 Å². The molecule has 0 aromatic carbocycles. The van der Waals surface area contributed by atoms with Gasteiger partial charge in [-0.05, 0) is 57.8 Å². The van der Waals surface area contributed by atoms with E-state index in [0.717, 1.165) is 42.6 Å². The summed E-state index contributed by atoms with van der Waals surface area (Å²) in [6.45, 7) is 5.36. The van der Waals surface area contributed by atoms with Crippen LogP contribution in [0.3, 0.4) is 0 Å². The number of hydrogen-bond acceptors (Lipinski definition) is 4. The number of aromatic nitrogens is 2. The molecule has 5 heteroatoms. The van der Waals surface area contributed by atoms with Crippen molar-refractivity contribution in [2.24, 2.45) is 0 Å². The summed E-state index contributed by atoms with van der Waals surface area (Å²) in [5, 5.41) is 9.66. The lowest BCUT2D eigenvalue weighted by atomic mass is 9.99. The van der Waals surface area contributed by atoms with E-state index < -0.39 is 0 Å². The molecular formula is C19H27N5. The number of nitriles is 1. The van der Waals surface area contributed by atoms with Gasteiger partial charge < -0.3 is 4.90 Å². The molecule has 0 N–H and O–H groups in total. The Hall–Kier alpha value is -2.06. The van der Waals surface area contributed by atoms with Crippen LogP contribution in [0.2, 0.25) is 0 Å². The third kappa shape index (κ3) is 2.65. The SMILES string of the molecule is CCCCc1c(C)c(C#N)c2nccn2c1N1CCCC1N(C)C. The van der Waals surface area contributed by atoms with E-state index in [0.29, 0.717) is 6.17 Å². The van der Waals surface area contributed by atoms with Crippen LogP contribution in [0.4, 0.5) is 5.82 Å². The fourth-order valence-corrected chi connectivity index (χ4v) is 3.92. The van der Waals surface area contributed by atoms with E-state index in [2.05, 4.69) is 53.2 Å². The van der Waals surface area contributed by atoms with Crippen LogP contribution in [0.25, 0.3) is 5.65 Å². The molecule has 1 fully saturated rings. The fraction of sp³-hybridized carbons (Fsp3) is 0.579. The first-order chi connectivity index (χ1) is 11.6. The number of hydrogen-bond donors (Lipinski definition) is 0. The molecule has 1 aliphatic rings. The highest BCUT2D eigenvalue weighted by atomic mass is 15.4. The molecule has 0 radical (unpaired) electrons. The summed E-state index contributed by atoms with van der Waals surface area (Å²) < 4.78 is 2.14. The van der Waals surface area contributed by atoms with E-state index >= 15 is 0 Å². The molecule has 128 valence electrons. The van der Waals surface area contributed by atoms with Gasteiger partial charge in [-0.15, -0.1) is 0 Å². The maximum Gasteiger partial charge on any atom is 0.156 e. The van der Waals surface area contributed by atoms with Gasteiger partial charge in [0.25, 0.3) is 0 Å². The number of unbranched alkanes of at least 4 members (excludes halogenated alkanes) is 1. The van der Waals surface area contributed by atoms with E-state index in [1.807, 2.05) is 12.4 Å². The number of imidazole rings is 1. The second-order valence-corrected chi connectivity index (χ2v) is 6.92. The first-order valence-electron chi connectivity index (χ1n) is 8.91. The minimum absolute atomic E-state index is 0.406. The monoisotopic (exact) mass is 325 g/mol. The van der Waals surface area contributed by atoms with Crippen LogP contribution in [-0.2, 0) is 6.42 Å². The highest BCUT2D eigenvalue weighted by molar-refractivity contribution is 5.69. The van der Waals surface area contributed by atoms with Gasteiger partial charge in [0.2, 0.25) is 0 Å². The van der Waals surface area contributed by atoms with Gasteiger partial charge >= 0.3 is 0 Å². The summed E-state index contributed by atoms with van der Waals surface area (Å²) in [7, 11) is 4.30. The molecule has 0 saturated carbocycles. The van der Waals surface area contributed by atoms with Crippen molar-refractivity contribution in [3.63, 3.8) is 0 Å². The van der Waals surface area contributed by atoms with Gasteiger partial charge in [-0.1, -0.05) is 13.3 Å². The molecule has 24 heavy (non-hydrogen) atoms. The molecule has 1 atom stereocenters. The Morgan fingerprint density at radius 2 is 2.21 bits per heavy atom. The first-order valence-corrected chi connectivity index (χ1v) is 8.91. The molecule has 1 unspecified atom stereocenters. The molecule has 3 heterocycles. The number of pyridine rings is 1. The highest BCUT2D eigenvalue weighted by Crippen LogP contribution is 2.35. The molecule has 0 amide bonds. The van der Waals surface area contributed by atoms with Gasteiger partial charge in [-0.25, -0.2) is 4.98 Å². The smallest absolute Gasteiger partial charge is 0.156 e. The van der Waals surface area contributed by atoms with E-state index in [4.69, 9.17) is 0 Å². The van der Waals surface area contributed by atoms with Crippen LogP contribution in [0.1, 0.15) is 49.3 Å². The molecule has 3 rings (SSSR count). The largest absolute Gasteiger partial charge is 0.342 e. The Bertz CT molecular complexity index is 768. The molecule has 0 spiro atoms. The average molecular weight is 325 g/mol. The Balaban J connectivity index is 2.24. The number of fused-ring (bicyclic) bond motifs is 1. The van der Waals surface area contributed by atoms with E-state index in [9.17, 15) is 5.26 Å². The third-order valence-corrected chi connectivity index (χ3v) is 5.17. The van der Waals surface area contributed by atoms with Crippen molar-refractivity contribution in [1.82, 2.24) is 14.3 Å². The van der Waals surface area contributed by atoms with Gasteiger partial charge in [-0.3, -0.25) is 9.30 Å². The molecule has 0 aliphatic carbocycles. The minimum atomic E-state index is 0.406. The molecule has 5 nitrogen and oxygen atoms in total. The summed E-state index contributed by atoms with van der Waals surface area (Å²) in [6.07, 6.45) is 9.90. The summed E-state index contributed by atoms with van der Waals surface area (Å²) in [6, 6.07) is 2.38. The van der Waals surface area contributed by atoms with Crippen molar-refractivity contribution in [3.8, 4) is 6.07 Å². The van der Waals surface area contributed by atoms with Crippen molar-refractivity contribution in [1.29, 1.82) is 5.26 Å². The molecular weight excluding hydrogens is 298 g/mol. The van der Waals surface area contributed by atoms with Gasteiger partial charge in [0.15, 0.2) is 5.65 Å². The minimum Gasteiger partial charge on any atom is -0.342 e. The Morgan fingerprint density at radius 1 is 1.42 bits per heavy atom. The van der Waals surface area contributed by atoms with Gasteiger partial charge in [0.05, 0.1) is 11.7 Å². The lowest BCUT2D eigenvalue weighted by Gasteiger charge is -2.34. The van der Waals surface area contributed by atoms with E-state index in [1.54, 1.807) is 0 Å². The van der Waals surface area contributed by atoms with Crippen molar-refractivity contribution >= 4 is 11.5 Å². The molecule has 2 aromatic rings. The predicted molar refractivity (Wildman–Crippen MR) is 97.3 cm³/mol. The van der Waals surface area contributed by atoms with Gasteiger partial charge in [-0.2, -0.15) is 5.26 Å². The van der Waals surface area contributed by atoms with Crippen molar-refractivity contribution < 1.29 is 0 Å². The number of anilines is 1. The van der Waals surface area contributed by atoms with Crippen LogP contribution in [0.5, 0.6) is 0 Å². The maximum atomic E-state index is 9.66. The second-order valence-electron chi connectivity index (χ2n) is 6.92. The predicted octanol–water partition coefficient (Wildman–Crippen LogP) is 3.34. The van der Waals surface area contributed by atoms with Crippen LogP contribution < -0.4 is 4.90 Å². The summed E-state index contributed by atoms with van der Waals surface area (Å²) >= 11 is 0. The van der Waals surface area contributed by atoms with Crippen LogP contribution in [-0.4, -0.2) is 41.1 Å². The Morgan fingerprint density at radius 3 is 2.88 bits per heavy atom. The summed E-state index contributed by atoms with van der Waals surface area (Å²) in [4.78, 5) is 9.28. The zero-order chi connectivity index (χ0) is 17.3. The standard InChI is InChI=1S/C19H27N5/c1-5-6-8-15-14(2)16(13-20)18-21-10-12-24(18)19(15)23-11-7-9-17(23)22(3)4/h10,12,17H,5-9,11H2,1-4H3. The average Bonchev–Trinajstić information content (AvgIpc) is 3.21. The highest BCUT2D eigenvalue weighted by Gasteiger charge is 2.31. The van der Waals surface area contributed by atoms with Crippen molar-refractivity contribution in [3.05, 3.63) is 29.1 Å². The van der Waals surface area contributed by atoms with Crippen molar-refractivity contribution in [2.45, 2.75) is 52.1 Å². The molecule has 0 bridgehead atoms. The lowest BCUT2D eigenvalue weighted by Crippen LogP contribution is -2.42. The van der Waals surface area contributed by atoms with E-state index in [-0.39, 0.29) is 0 Å². The number of rotatable bonds is 5. The Labute approximate surface area is 144 Å². The summed E-state index contributed by atoms with van der Waals surface area (Å²) in [5.74, 6) is 1.24. The van der Waals surface area contributed by atoms with Crippen LogP contribution in [0, 0.1) is 18.3 Å². The number of nitrogens with zero attached hydrogens (tertiary/aromatic N) is 5. The zero-order valence-electron chi connectivity index (χ0n) is 15.2. The second kappa shape index (κ2) is 6.82. The molecule has 1 saturated heterocycles. The van der Waals surface area contributed by atoms with Crippen LogP contribution >= 0.6 is 0 Å². The normalized spacial score (nSPS) is 17.8. The fourth-order valence-electron chi connectivity index (χ4n) is 3.92. The molecule has 1 aliphatic heterocycles. The van der Waals surface area contributed by atoms with Crippen molar-refractivity contribution in [2.75, 3.05) is 25.5 Å². The quantitative estimate of drug-likeness (QED) is 0.846. The first kappa shape index (κ1) is 16.8.